The first-order valence-electron chi connectivity index (χ1n) is 8.10. The van der Waals surface area contributed by atoms with Gasteiger partial charge in [-0.25, -0.2) is 4.39 Å². The highest BCUT2D eigenvalue weighted by molar-refractivity contribution is 5.26. The van der Waals surface area contributed by atoms with E-state index in [1.54, 1.807) is 0 Å². The lowest BCUT2D eigenvalue weighted by atomic mass is 9.80. The van der Waals surface area contributed by atoms with Crippen molar-refractivity contribution in [3.63, 3.8) is 0 Å². The van der Waals surface area contributed by atoms with Gasteiger partial charge in [0.15, 0.2) is 0 Å². The maximum Gasteiger partial charge on any atom is 0.419 e. The number of alkyl halides is 5. The van der Waals surface area contributed by atoms with Crippen molar-refractivity contribution in [3.8, 4) is 0 Å². The Hall–Kier alpha value is -1.50. The van der Waals surface area contributed by atoms with E-state index in [0.717, 1.165) is 18.9 Å². The van der Waals surface area contributed by atoms with Gasteiger partial charge in [-0.3, -0.25) is 0 Å². The van der Waals surface area contributed by atoms with Crippen LogP contribution in [0.2, 0.25) is 0 Å². The summed E-state index contributed by atoms with van der Waals surface area (Å²) in [6.45, 7) is 3.05. The standard InChI is InChI=1S/C18H20F6O/c1-2-12-3-5-13(6-4-12)10-17(20,21)25-11-14-7-8-15(16(19)9-14)18(22,23)24/h2,7-9,12-13H,1,3-6,10-11H2. The molecule has 0 heterocycles. The summed E-state index contributed by atoms with van der Waals surface area (Å²) in [5.41, 5.74) is -1.50. The zero-order chi connectivity index (χ0) is 18.7. The van der Waals surface area contributed by atoms with Crippen molar-refractivity contribution >= 4 is 0 Å². The van der Waals surface area contributed by atoms with Crippen LogP contribution in [0.3, 0.4) is 0 Å². The normalized spacial score (nSPS) is 22.0. The molecule has 1 aliphatic carbocycles. The summed E-state index contributed by atoms with van der Waals surface area (Å²) in [5, 5.41) is 0. The van der Waals surface area contributed by atoms with Gasteiger partial charge in [-0.15, -0.1) is 6.58 Å². The predicted octanol–water partition coefficient (Wildman–Crippen LogP) is 6.34. The Morgan fingerprint density at radius 3 is 2.24 bits per heavy atom. The summed E-state index contributed by atoms with van der Waals surface area (Å²) in [5.74, 6) is -1.31. The highest BCUT2D eigenvalue weighted by Gasteiger charge is 2.36. The summed E-state index contributed by atoms with van der Waals surface area (Å²) in [6.07, 6.45) is -3.88. The molecule has 25 heavy (non-hydrogen) atoms. The Kier molecular flexibility index (Phi) is 6.19. The van der Waals surface area contributed by atoms with Gasteiger partial charge >= 0.3 is 12.3 Å². The van der Waals surface area contributed by atoms with Crippen molar-refractivity contribution in [1.82, 2.24) is 0 Å². The molecule has 0 aromatic heterocycles. The van der Waals surface area contributed by atoms with Crippen LogP contribution in [-0.4, -0.2) is 6.11 Å². The van der Waals surface area contributed by atoms with Crippen molar-refractivity contribution in [2.45, 2.75) is 51.0 Å². The molecule has 0 aliphatic heterocycles. The van der Waals surface area contributed by atoms with Gasteiger partial charge in [0.25, 0.3) is 0 Å². The third-order valence-corrected chi connectivity index (χ3v) is 4.54. The van der Waals surface area contributed by atoms with E-state index in [0.29, 0.717) is 30.9 Å². The van der Waals surface area contributed by atoms with Crippen molar-refractivity contribution in [1.29, 1.82) is 0 Å². The van der Waals surface area contributed by atoms with E-state index in [9.17, 15) is 26.3 Å². The molecule has 1 aliphatic rings. The number of allylic oxidation sites excluding steroid dienone is 1. The van der Waals surface area contributed by atoms with Crippen LogP contribution in [0.4, 0.5) is 26.3 Å². The van der Waals surface area contributed by atoms with E-state index in [2.05, 4.69) is 11.3 Å². The molecular weight excluding hydrogens is 346 g/mol. The molecule has 1 fully saturated rings. The smallest absolute Gasteiger partial charge is 0.316 e. The van der Waals surface area contributed by atoms with Crippen LogP contribution in [0.1, 0.15) is 43.2 Å². The molecule has 1 saturated carbocycles. The number of ether oxygens (including phenoxy) is 1. The van der Waals surface area contributed by atoms with Crippen LogP contribution >= 0.6 is 0 Å². The third-order valence-electron chi connectivity index (χ3n) is 4.54. The van der Waals surface area contributed by atoms with Gasteiger partial charge in [0.2, 0.25) is 0 Å². The van der Waals surface area contributed by atoms with E-state index in [1.807, 2.05) is 6.08 Å². The number of benzene rings is 1. The molecule has 1 aromatic rings. The fraction of sp³-hybridized carbons (Fsp3) is 0.556. The van der Waals surface area contributed by atoms with Crippen LogP contribution in [0.25, 0.3) is 0 Å². The van der Waals surface area contributed by atoms with E-state index in [1.165, 1.54) is 0 Å². The van der Waals surface area contributed by atoms with Crippen LogP contribution in [0, 0.1) is 17.7 Å². The average molecular weight is 366 g/mol. The lowest BCUT2D eigenvalue weighted by molar-refractivity contribution is -0.256. The topological polar surface area (TPSA) is 9.23 Å². The lowest BCUT2D eigenvalue weighted by Gasteiger charge is -2.29. The van der Waals surface area contributed by atoms with Crippen LogP contribution in [0.15, 0.2) is 30.9 Å². The first kappa shape index (κ1) is 19.8. The van der Waals surface area contributed by atoms with Crippen molar-refractivity contribution in [2.75, 3.05) is 0 Å². The summed E-state index contributed by atoms with van der Waals surface area (Å²) in [7, 11) is 0. The minimum atomic E-state index is -4.82. The van der Waals surface area contributed by atoms with Crippen LogP contribution in [0.5, 0.6) is 0 Å². The number of hydrogen-bond acceptors (Lipinski definition) is 1. The monoisotopic (exact) mass is 366 g/mol. The van der Waals surface area contributed by atoms with Crippen LogP contribution < -0.4 is 0 Å². The van der Waals surface area contributed by atoms with E-state index < -0.39 is 36.7 Å². The largest absolute Gasteiger partial charge is 0.419 e. The second kappa shape index (κ2) is 7.81. The van der Waals surface area contributed by atoms with Gasteiger partial charge in [-0.2, -0.15) is 22.0 Å². The third kappa shape index (κ3) is 5.76. The highest BCUT2D eigenvalue weighted by atomic mass is 19.4. The maximum atomic E-state index is 13.9. The van der Waals surface area contributed by atoms with Gasteiger partial charge < -0.3 is 4.74 Å². The second-order valence-corrected chi connectivity index (χ2v) is 6.46. The first-order chi connectivity index (χ1) is 11.6. The van der Waals surface area contributed by atoms with Crippen LogP contribution in [-0.2, 0) is 17.5 Å². The summed E-state index contributed by atoms with van der Waals surface area (Å²) in [4.78, 5) is 0. The zero-order valence-corrected chi connectivity index (χ0v) is 13.6. The Morgan fingerprint density at radius 1 is 1.08 bits per heavy atom. The van der Waals surface area contributed by atoms with Gasteiger partial charge in [0.1, 0.15) is 5.82 Å². The summed E-state index contributed by atoms with van der Waals surface area (Å²) < 4.78 is 83.3. The Bertz CT molecular complexity index is 588. The van der Waals surface area contributed by atoms with E-state index in [4.69, 9.17) is 0 Å². The average Bonchev–Trinajstić information content (AvgIpc) is 2.52. The molecule has 2 rings (SSSR count). The Balaban J connectivity index is 1.89. The number of halogens is 6. The SMILES string of the molecule is C=CC1CCC(CC(F)(F)OCc2ccc(C(F)(F)F)c(F)c2)CC1. The molecule has 1 nitrogen and oxygen atoms in total. The molecule has 0 amide bonds. The molecule has 0 atom stereocenters. The molecule has 7 heteroatoms. The second-order valence-electron chi connectivity index (χ2n) is 6.46. The van der Waals surface area contributed by atoms with E-state index >= 15 is 0 Å². The molecule has 0 radical (unpaired) electrons. The molecule has 0 bridgehead atoms. The summed E-state index contributed by atoms with van der Waals surface area (Å²) >= 11 is 0. The van der Waals surface area contributed by atoms with Gasteiger partial charge in [-0.05, 0) is 55.2 Å². The van der Waals surface area contributed by atoms with Crippen molar-refractivity contribution in [2.24, 2.45) is 11.8 Å². The van der Waals surface area contributed by atoms with Gasteiger partial charge in [0.05, 0.1) is 12.2 Å². The Morgan fingerprint density at radius 2 is 1.72 bits per heavy atom. The minimum Gasteiger partial charge on any atom is -0.316 e. The molecular formula is C18H20F6O. The highest BCUT2D eigenvalue weighted by Crippen LogP contribution is 2.37. The van der Waals surface area contributed by atoms with Gasteiger partial charge in [-0.1, -0.05) is 12.1 Å². The molecule has 140 valence electrons. The molecule has 0 saturated heterocycles. The fourth-order valence-electron chi connectivity index (χ4n) is 3.09. The maximum absolute atomic E-state index is 13.9. The lowest BCUT2D eigenvalue weighted by Crippen LogP contribution is -2.27. The first-order valence-corrected chi connectivity index (χ1v) is 8.10. The van der Waals surface area contributed by atoms with Gasteiger partial charge in [0, 0.05) is 6.42 Å². The zero-order valence-electron chi connectivity index (χ0n) is 13.6. The molecule has 1 aromatic carbocycles. The Labute approximate surface area is 142 Å². The molecule has 0 N–H and O–H groups in total. The van der Waals surface area contributed by atoms with Crippen molar-refractivity contribution < 1.29 is 31.1 Å². The molecule has 0 unspecified atom stereocenters. The quantitative estimate of drug-likeness (QED) is 0.422. The predicted molar refractivity (Wildman–Crippen MR) is 81.4 cm³/mol. The molecule has 0 spiro atoms. The number of hydrogen-bond donors (Lipinski definition) is 0. The number of rotatable bonds is 6. The van der Waals surface area contributed by atoms with E-state index in [-0.39, 0.29) is 11.5 Å². The fourth-order valence-corrected chi connectivity index (χ4v) is 3.09. The minimum absolute atomic E-state index is 0.0689. The summed E-state index contributed by atoms with van der Waals surface area (Å²) in [6, 6.07) is 2.05. The van der Waals surface area contributed by atoms with Crippen molar-refractivity contribution in [3.05, 3.63) is 47.8 Å².